The van der Waals surface area contributed by atoms with E-state index in [0.29, 0.717) is 5.95 Å². The van der Waals surface area contributed by atoms with Crippen LogP contribution in [0.5, 0.6) is 0 Å². The van der Waals surface area contributed by atoms with E-state index in [0.717, 1.165) is 38.6 Å². The van der Waals surface area contributed by atoms with Gasteiger partial charge in [0.15, 0.2) is 0 Å². The summed E-state index contributed by atoms with van der Waals surface area (Å²) >= 11 is 0. The average molecular weight is 661 g/mol. The van der Waals surface area contributed by atoms with E-state index in [4.69, 9.17) is 9.97 Å². The fourth-order valence-electron chi connectivity index (χ4n) is 8.87. The van der Waals surface area contributed by atoms with Crippen molar-refractivity contribution in [3.05, 3.63) is 170 Å². The van der Waals surface area contributed by atoms with Crippen molar-refractivity contribution < 1.29 is 0 Å². The van der Waals surface area contributed by atoms with Gasteiger partial charge >= 0.3 is 0 Å². The van der Waals surface area contributed by atoms with E-state index in [2.05, 4.69) is 179 Å². The SMILES string of the molecule is c1ccc(-c2ccc3c(ccc4nc(-n5c6cccc7c8cccc9c%10ccccc%10n(c%10cccc5c%10c76)c89)nc(-c5ccccc5)c43)c2)cc1. The minimum atomic E-state index is 0.664. The zero-order chi connectivity index (χ0) is 33.9. The molecule has 4 nitrogen and oxygen atoms in total. The van der Waals surface area contributed by atoms with Crippen LogP contribution in [0.1, 0.15) is 0 Å². The fraction of sp³-hybridized carbons (Fsp3) is 0. The number of fused-ring (bicyclic) bond motifs is 8. The lowest BCUT2D eigenvalue weighted by molar-refractivity contribution is 1.01. The van der Waals surface area contributed by atoms with E-state index in [1.54, 1.807) is 0 Å². The van der Waals surface area contributed by atoms with E-state index in [9.17, 15) is 0 Å². The molecule has 0 aliphatic rings. The Labute approximate surface area is 297 Å². The van der Waals surface area contributed by atoms with Gasteiger partial charge in [-0.25, -0.2) is 9.97 Å². The minimum Gasteiger partial charge on any atom is -0.308 e. The van der Waals surface area contributed by atoms with Crippen LogP contribution in [0.2, 0.25) is 0 Å². The number of benzene rings is 8. The number of nitrogens with zero attached hydrogens (tertiary/aromatic N) is 4. The Kier molecular flexibility index (Phi) is 5.47. The van der Waals surface area contributed by atoms with E-state index >= 15 is 0 Å². The number of hydrogen-bond donors (Lipinski definition) is 0. The summed E-state index contributed by atoms with van der Waals surface area (Å²) in [5.74, 6) is 0.664. The molecule has 4 heteroatoms. The summed E-state index contributed by atoms with van der Waals surface area (Å²) in [5, 5.41) is 10.8. The lowest BCUT2D eigenvalue weighted by Gasteiger charge is -2.14. The zero-order valence-corrected chi connectivity index (χ0v) is 28.0. The molecule has 0 fully saturated rings. The van der Waals surface area contributed by atoms with Crippen molar-refractivity contribution in [3.8, 4) is 28.3 Å². The van der Waals surface area contributed by atoms with Crippen molar-refractivity contribution in [3.63, 3.8) is 0 Å². The van der Waals surface area contributed by atoms with Crippen molar-refractivity contribution >= 4 is 81.6 Å². The van der Waals surface area contributed by atoms with Crippen molar-refractivity contribution in [1.29, 1.82) is 0 Å². The van der Waals surface area contributed by atoms with Crippen molar-refractivity contribution in [2.45, 2.75) is 0 Å². The van der Waals surface area contributed by atoms with Gasteiger partial charge in [0, 0.05) is 37.9 Å². The smallest absolute Gasteiger partial charge is 0.235 e. The standard InChI is InChI=1S/C48H28N4/c1-3-12-29(13-4-1)31-24-26-33-32(28-31)25-27-38-43(33)46(30-14-5-2-6-15-30)50-48(49-38)52-40-21-10-17-35-37-19-9-18-36-34-16-7-8-20-39(34)51(47(36)37)41-22-11-23-42(52)45(41)44(35)40/h1-28H. The highest BCUT2D eigenvalue weighted by Crippen LogP contribution is 2.44. The highest BCUT2D eigenvalue weighted by atomic mass is 15.2. The van der Waals surface area contributed by atoms with Crippen LogP contribution in [0, 0.1) is 0 Å². The van der Waals surface area contributed by atoms with Gasteiger partial charge in [-0.1, -0.05) is 133 Å². The predicted octanol–water partition coefficient (Wildman–Crippen LogP) is 12.4. The Morgan fingerprint density at radius 3 is 1.85 bits per heavy atom. The first-order valence-corrected chi connectivity index (χ1v) is 17.8. The molecule has 0 aliphatic carbocycles. The van der Waals surface area contributed by atoms with E-state index < -0.39 is 0 Å². The topological polar surface area (TPSA) is 35.1 Å². The first kappa shape index (κ1) is 27.7. The van der Waals surface area contributed by atoms with Crippen LogP contribution in [0.4, 0.5) is 0 Å². The molecule has 52 heavy (non-hydrogen) atoms. The van der Waals surface area contributed by atoms with Crippen molar-refractivity contribution in [1.82, 2.24) is 18.9 Å². The lowest BCUT2D eigenvalue weighted by atomic mass is 9.96. The molecule has 12 aromatic rings. The van der Waals surface area contributed by atoms with E-state index in [1.807, 2.05) is 0 Å². The molecule has 240 valence electrons. The highest BCUT2D eigenvalue weighted by Gasteiger charge is 2.23. The monoisotopic (exact) mass is 660 g/mol. The number of rotatable bonds is 3. The molecular weight excluding hydrogens is 633 g/mol. The first-order chi connectivity index (χ1) is 25.8. The Hall–Kier alpha value is -7.04. The Balaban J connectivity index is 1.22. The second kappa shape index (κ2) is 10.3. The van der Waals surface area contributed by atoms with Gasteiger partial charge in [0.05, 0.1) is 38.8 Å². The number of hydrogen-bond acceptors (Lipinski definition) is 2. The lowest BCUT2D eigenvalue weighted by Crippen LogP contribution is -2.04. The second-order valence-corrected chi connectivity index (χ2v) is 13.8. The molecule has 0 radical (unpaired) electrons. The fourth-order valence-corrected chi connectivity index (χ4v) is 8.87. The van der Waals surface area contributed by atoms with Gasteiger partial charge in [-0.3, -0.25) is 4.57 Å². The van der Waals surface area contributed by atoms with Gasteiger partial charge in [-0.05, 0) is 63.7 Å². The average Bonchev–Trinajstić information content (AvgIpc) is 3.70. The number of para-hydroxylation sites is 2. The molecule has 0 amide bonds. The molecule has 4 aromatic heterocycles. The Morgan fingerprint density at radius 1 is 0.365 bits per heavy atom. The van der Waals surface area contributed by atoms with Gasteiger partial charge in [0.1, 0.15) is 0 Å². The molecule has 0 bridgehead atoms. The molecular formula is C48H28N4. The molecule has 0 saturated heterocycles. The van der Waals surface area contributed by atoms with Crippen molar-refractivity contribution in [2.24, 2.45) is 0 Å². The zero-order valence-electron chi connectivity index (χ0n) is 28.0. The van der Waals surface area contributed by atoms with Crippen LogP contribution in [-0.2, 0) is 0 Å². The molecule has 0 saturated carbocycles. The van der Waals surface area contributed by atoms with E-state index in [1.165, 1.54) is 65.4 Å². The van der Waals surface area contributed by atoms with Crippen LogP contribution in [0.25, 0.3) is 110 Å². The summed E-state index contributed by atoms with van der Waals surface area (Å²) in [6, 6.07) is 61.1. The van der Waals surface area contributed by atoms with Crippen LogP contribution in [-0.4, -0.2) is 18.9 Å². The quantitative estimate of drug-likeness (QED) is 0.177. The normalized spacial score (nSPS) is 12.2. The third-order valence-corrected chi connectivity index (χ3v) is 11.0. The number of aromatic nitrogens is 4. The summed E-state index contributed by atoms with van der Waals surface area (Å²) in [4.78, 5) is 10.9. The van der Waals surface area contributed by atoms with Gasteiger partial charge in [0.25, 0.3) is 0 Å². The third-order valence-electron chi connectivity index (χ3n) is 11.0. The predicted molar refractivity (Wildman–Crippen MR) is 217 cm³/mol. The van der Waals surface area contributed by atoms with Gasteiger partial charge in [-0.15, -0.1) is 0 Å². The molecule has 0 N–H and O–H groups in total. The van der Waals surface area contributed by atoms with Crippen molar-refractivity contribution in [2.75, 3.05) is 0 Å². The highest BCUT2D eigenvalue weighted by molar-refractivity contribution is 6.31. The maximum Gasteiger partial charge on any atom is 0.235 e. The summed E-state index contributed by atoms with van der Waals surface area (Å²) in [5.41, 5.74) is 11.1. The molecule has 0 unspecified atom stereocenters. The molecule has 4 heterocycles. The van der Waals surface area contributed by atoms with Crippen LogP contribution < -0.4 is 0 Å². The largest absolute Gasteiger partial charge is 0.308 e. The summed E-state index contributed by atoms with van der Waals surface area (Å²) < 4.78 is 4.75. The molecule has 12 rings (SSSR count). The Morgan fingerprint density at radius 2 is 1.00 bits per heavy atom. The first-order valence-electron chi connectivity index (χ1n) is 17.8. The summed E-state index contributed by atoms with van der Waals surface area (Å²) in [7, 11) is 0. The minimum absolute atomic E-state index is 0.664. The molecule has 0 atom stereocenters. The second-order valence-electron chi connectivity index (χ2n) is 13.8. The van der Waals surface area contributed by atoms with Crippen LogP contribution in [0.15, 0.2) is 170 Å². The summed E-state index contributed by atoms with van der Waals surface area (Å²) in [6.45, 7) is 0. The third kappa shape index (κ3) is 3.65. The van der Waals surface area contributed by atoms with Gasteiger partial charge in [-0.2, -0.15) is 0 Å². The van der Waals surface area contributed by atoms with Crippen LogP contribution in [0.3, 0.4) is 0 Å². The summed E-state index contributed by atoms with van der Waals surface area (Å²) in [6.07, 6.45) is 0. The molecule has 8 aromatic carbocycles. The Bertz CT molecular complexity index is 3390. The maximum atomic E-state index is 5.52. The van der Waals surface area contributed by atoms with E-state index in [-0.39, 0.29) is 0 Å². The van der Waals surface area contributed by atoms with Gasteiger partial charge < -0.3 is 4.40 Å². The van der Waals surface area contributed by atoms with Gasteiger partial charge in [0.2, 0.25) is 5.95 Å². The molecule has 0 aliphatic heterocycles. The van der Waals surface area contributed by atoms with Crippen LogP contribution >= 0.6 is 0 Å². The maximum absolute atomic E-state index is 5.52. The molecule has 0 spiro atoms.